The third-order valence-corrected chi connectivity index (χ3v) is 7.14. The quantitative estimate of drug-likeness (QED) is 0.591. The van der Waals surface area contributed by atoms with Gasteiger partial charge >= 0.3 is 0 Å². The molecule has 2 aliphatic heterocycles. The molecule has 1 unspecified atom stereocenters. The lowest BCUT2D eigenvalue weighted by molar-refractivity contribution is 0.0679. The molecule has 5 rings (SSSR count). The molecule has 0 aromatic heterocycles. The lowest BCUT2D eigenvalue weighted by atomic mass is 9.87. The smallest absolute Gasteiger partial charge is 0.251 e. The van der Waals surface area contributed by atoms with Gasteiger partial charge in [-0.25, -0.2) is 0 Å². The van der Waals surface area contributed by atoms with Gasteiger partial charge in [-0.3, -0.25) is 4.79 Å². The first-order valence-electron chi connectivity index (χ1n) is 12.8. The molecule has 0 radical (unpaired) electrons. The van der Waals surface area contributed by atoms with Crippen molar-refractivity contribution in [2.75, 3.05) is 26.4 Å². The Hall–Kier alpha value is -2.41. The van der Waals surface area contributed by atoms with Crippen molar-refractivity contribution >= 4 is 5.91 Å². The Morgan fingerprint density at radius 3 is 2.50 bits per heavy atom. The molecule has 2 N–H and O–H groups in total. The van der Waals surface area contributed by atoms with Crippen molar-refractivity contribution < 1.29 is 19.0 Å². The Kier molecular flexibility index (Phi) is 7.79. The molecule has 182 valence electrons. The third-order valence-electron chi connectivity index (χ3n) is 7.14. The molecule has 0 spiro atoms. The van der Waals surface area contributed by atoms with Gasteiger partial charge in [0.15, 0.2) is 0 Å². The molecule has 2 aromatic carbocycles. The molecule has 0 bridgehead atoms. The van der Waals surface area contributed by atoms with Gasteiger partial charge < -0.3 is 24.8 Å². The van der Waals surface area contributed by atoms with Gasteiger partial charge in [-0.1, -0.05) is 18.2 Å². The number of nitrogens with one attached hydrogen (secondary N) is 2. The van der Waals surface area contributed by atoms with Gasteiger partial charge in [0.25, 0.3) is 5.91 Å². The van der Waals surface area contributed by atoms with Crippen LogP contribution in [0.3, 0.4) is 0 Å². The second kappa shape index (κ2) is 11.3. The lowest BCUT2D eigenvalue weighted by Gasteiger charge is -2.26. The minimum Gasteiger partial charge on any atom is -0.491 e. The average molecular weight is 465 g/mol. The number of carbonyl (C=O) groups is 1. The number of rotatable bonds is 9. The van der Waals surface area contributed by atoms with Crippen LogP contribution < -0.4 is 15.4 Å². The van der Waals surface area contributed by atoms with Crippen molar-refractivity contribution in [1.82, 2.24) is 10.6 Å². The van der Waals surface area contributed by atoms with E-state index in [1.807, 2.05) is 24.3 Å². The van der Waals surface area contributed by atoms with Crippen molar-refractivity contribution in [2.24, 2.45) is 0 Å². The third kappa shape index (κ3) is 6.17. The monoisotopic (exact) mass is 464 g/mol. The molecule has 1 amide bonds. The van der Waals surface area contributed by atoms with Crippen LogP contribution in [0.4, 0.5) is 0 Å². The zero-order chi connectivity index (χ0) is 23.2. The minimum absolute atomic E-state index is 0.0194. The van der Waals surface area contributed by atoms with E-state index in [2.05, 4.69) is 28.8 Å². The maximum atomic E-state index is 12.8. The Balaban J connectivity index is 1.08. The molecule has 1 aliphatic carbocycles. The zero-order valence-corrected chi connectivity index (χ0v) is 19.9. The standard InChI is InChI=1S/C28H36N2O4/c31-28(21-8-11-25(12-9-21)34-19-27-4-2-14-33-27)30-24-10-7-22-15-20(5-6-23(22)16-24)17-29-18-26-3-1-13-32-26/h5-6,8-9,11-12,15,24,26-27,29H,1-4,7,10,13-14,16-19H2,(H,30,31)/t24-,26?,27-/m0/s1. The molecule has 34 heavy (non-hydrogen) atoms. The summed E-state index contributed by atoms with van der Waals surface area (Å²) in [6.45, 7) is 4.10. The summed E-state index contributed by atoms with van der Waals surface area (Å²) in [6, 6.07) is 14.4. The van der Waals surface area contributed by atoms with Gasteiger partial charge in [0.2, 0.25) is 0 Å². The largest absolute Gasteiger partial charge is 0.491 e. The molecule has 0 saturated carbocycles. The SMILES string of the molecule is O=C(N[C@H]1CCc2cc(CNCC3CCCO3)ccc2C1)c1ccc(OC[C@@H]2CCCO2)cc1. The number of fused-ring (bicyclic) bond motifs is 1. The van der Waals surface area contributed by atoms with E-state index in [9.17, 15) is 4.79 Å². The van der Waals surface area contributed by atoms with Crippen LogP contribution in [-0.4, -0.2) is 50.5 Å². The Morgan fingerprint density at radius 2 is 1.74 bits per heavy atom. The molecule has 2 heterocycles. The first-order chi connectivity index (χ1) is 16.7. The first kappa shape index (κ1) is 23.3. The van der Waals surface area contributed by atoms with Crippen LogP contribution in [0.2, 0.25) is 0 Å². The van der Waals surface area contributed by atoms with Crippen LogP contribution in [0.15, 0.2) is 42.5 Å². The number of amides is 1. The van der Waals surface area contributed by atoms with Crippen molar-refractivity contribution in [2.45, 2.75) is 69.7 Å². The van der Waals surface area contributed by atoms with Gasteiger partial charge in [-0.15, -0.1) is 0 Å². The molecule has 3 aliphatic rings. The molecular weight excluding hydrogens is 428 g/mol. The zero-order valence-electron chi connectivity index (χ0n) is 19.9. The number of hydrogen-bond donors (Lipinski definition) is 2. The number of benzene rings is 2. The summed E-state index contributed by atoms with van der Waals surface area (Å²) in [5, 5.41) is 6.76. The Labute approximate surface area is 202 Å². The first-order valence-corrected chi connectivity index (χ1v) is 12.8. The van der Waals surface area contributed by atoms with Gasteiger partial charge in [-0.2, -0.15) is 0 Å². The van der Waals surface area contributed by atoms with Crippen molar-refractivity contribution in [3.05, 3.63) is 64.7 Å². The van der Waals surface area contributed by atoms with Crippen molar-refractivity contribution in [1.29, 1.82) is 0 Å². The summed E-state index contributed by atoms with van der Waals surface area (Å²) in [6.07, 6.45) is 7.91. The Bertz CT molecular complexity index is 949. The number of hydrogen-bond acceptors (Lipinski definition) is 5. The highest BCUT2D eigenvalue weighted by Gasteiger charge is 2.22. The minimum atomic E-state index is -0.0194. The summed E-state index contributed by atoms with van der Waals surface area (Å²) in [4.78, 5) is 12.8. The lowest BCUT2D eigenvalue weighted by Crippen LogP contribution is -2.38. The molecule has 2 aromatic rings. The second-order valence-corrected chi connectivity index (χ2v) is 9.75. The van der Waals surface area contributed by atoms with E-state index in [1.165, 1.54) is 23.1 Å². The van der Waals surface area contributed by atoms with Crippen LogP contribution >= 0.6 is 0 Å². The summed E-state index contributed by atoms with van der Waals surface area (Å²) in [5.41, 5.74) is 4.75. The van der Waals surface area contributed by atoms with E-state index in [1.54, 1.807) is 0 Å². The number of aryl methyl sites for hydroxylation is 1. The van der Waals surface area contributed by atoms with Crippen LogP contribution in [-0.2, 0) is 28.9 Å². The van der Waals surface area contributed by atoms with Crippen LogP contribution in [0.25, 0.3) is 0 Å². The fraction of sp³-hybridized carbons (Fsp3) is 0.536. The van der Waals surface area contributed by atoms with E-state index in [0.717, 1.165) is 70.6 Å². The highest BCUT2D eigenvalue weighted by atomic mass is 16.5. The number of ether oxygens (including phenoxy) is 3. The molecule has 6 heteroatoms. The van der Waals surface area contributed by atoms with E-state index in [4.69, 9.17) is 14.2 Å². The van der Waals surface area contributed by atoms with E-state index < -0.39 is 0 Å². The molecule has 6 nitrogen and oxygen atoms in total. The normalized spacial score (nSPS) is 24.1. The predicted octanol–water partition coefficient (Wildman–Crippen LogP) is 3.80. The highest BCUT2D eigenvalue weighted by Crippen LogP contribution is 2.24. The van der Waals surface area contributed by atoms with E-state index >= 15 is 0 Å². The van der Waals surface area contributed by atoms with E-state index in [0.29, 0.717) is 18.3 Å². The summed E-state index contributed by atoms with van der Waals surface area (Å²) >= 11 is 0. The summed E-state index contributed by atoms with van der Waals surface area (Å²) in [7, 11) is 0. The summed E-state index contributed by atoms with van der Waals surface area (Å²) < 4.78 is 17.1. The fourth-order valence-corrected chi connectivity index (χ4v) is 5.16. The predicted molar refractivity (Wildman–Crippen MR) is 131 cm³/mol. The Morgan fingerprint density at radius 1 is 0.941 bits per heavy atom. The molecule has 2 fully saturated rings. The fourth-order valence-electron chi connectivity index (χ4n) is 5.16. The van der Waals surface area contributed by atoms with Crippen molar-refractivity contribution in [3.63, 3.8) is 0 Å². The van der Waals surface area contributed by atoms with Gasteiger partial charge in [0.05, 0.1) is 12.2 Å². The molecular formula is C28H36N2O4. The van der Waals surface area contributed by atoms with Crippen LogP contribution in [0.1, 0.15) is 59.2 Å². The maximum absolute atomic E-state index is 12.8. The van der Waals surface area contributed by atoms with Gasteiger partial charge in [0.1, 0.15) is 12.4 Å². The number of carbonyl (C=O) groups excluding carboxylic acids is 1. The van der Waals surface area contributed by atoms with Crippen LogP contribution in [0, 0.1) is 0 Å². The average Bonchev–Trinajstić information content (AvgIpc) is 3.58. The van der Waals surface area contributed by atoms with Gasteiger partial charge in [-0.05, 0) is 85.9 Å². The van der Waals surface area contributed by atoms with Crippen LogP contribution in [0.5, 0.6) is 5.75 Å². The van der Waals surface area contributed by atoms with Crippen molar-refractivity contribution in [3.8, 4) is 5.75 Å². The second-order valence-electron chi connectivity index (χ2n) is 9.75. The molecule has 2 saturated heterocycles. The molecule has 3 atom stereocenters. The maximum Gasteiger partial charge on any atom is 0.251 e. The summed E-state index contributed by atoms with van der Waals surface area (Å²) in [5.74, 6) is 0.758. The van der Waals surface area contributed by atoms with Gasteiger partial charge in [0, 0.05) is 37.9 Å². The van der Waals surface area contributed by atoms with E-state index in [-0.39, 0.29) is 18.1 Å². The highest BCUT2D eigenvalue weighted by molar-refractivity contribution is 5.94. The topological polar surface area (TPSA) is 68.8 Å².